The third-order valence-electron chi connectivity index (χ3n) is 7.01. The van der Waals surface area contributed by atoms with Crippen LogP contribution in [0.1, 0.15) is 80.5 Å². The van der Waals surface area contributed by atoms with Crippen molar-refractivity contribution in [3.8, 4) is 0 Å². The van der Waals surface area contributed by atoms with Crippen LogP contribution < -0.4 is 5.32 Å². The Morgan fingerprint density at radius 1 is 1.08 bits per heavy atom. The molecule has 0 bridgehead atoms. The molecule has 1 saturated carbocycles. The second-order valence-corrected chi connectivity index (χ2v) is 9.01. The summed E-state index contributed by atoms with van der Waals surface area (Å²) in [7, 11) is 0. The lowest BCUT2D eigenvalue weighted by molar-refractivity contribution is 0.118. The van der Waals surface area contributed by atoms with Crippen LogP contribution in [0.25, 0.3) is 0 Å². The standard InChI is InChI=1S/C25H33N/c1-18(2)20-11-13-22-21(16-20)12-14-24-23(22)10-7-15-25(24,3)26-17-19-8-5-4-6-9-19/h4-6,8-9,11,13,16,18,23-24,26H,7,10,12,14-15,17H2,1-3H3/t23-,24+,25+/m0/s1. The zero-order valence-corrected chi connectivity index (χ0v) is 16.6. The van der Waals surface area contributed by atoms with Crippen LogP contribution in [0.15, 0.2) is 48.5 Å². The predicted octanol–water partition coefficient (Wildman–Crippen LogP) is 6.19. The van der Waals surface area contributed by atoms with Gasteiger partial charge in [-0.15, -0.1) is 0 Å². The summed E-state index contributed by atoms with van der Waals surface area (Å²) in [6.07, 6.45) is 6.59. The van der Waals surface area contributed by atoms with E-state index < -0.39 is 0 Å². The summed E-state index contributed by atoms with van der Waals surface area (Å²) in [5.74, 6) is 2.13. The maximum atomic E-state index is 3.97. The molecule has 0 spiro atoms. The first kappa shape index (κ1) is 17.8. The highest BCUT2D eigenvalue weighted by Crippen LogP contribution is 2.49. The fourth-order valence-electron chi connectivity index (χ4n) is 5.41. The van der Waals surface area contributed by atoms with Crippen LogP contribution in [0.5, 0.6) is 0 Å². The van der Waals surface area contributed by atoms with Gasteiger partial charge in [0.2, 0.25) is 0 Å². The van der Waals surface area contributed by atoms with Gasteiger partial charge >= 0.3 is 0 Å². The van der Waals surface area contributed by atoms with Crippen molar-refractivity contribution in [2.45, 2.75) is 76.8 Å². The molecule has 4 rings (SSSR count). The van der Waals surface area contributed by atoms with Crippen molar-refractivity contribution < 1.29 is 0 Å². The molecule has 3 atom stereocenters. The molecule has 26 heavy (non-hydrogen) atoms. The fourth-order valence-corrected chi connectivity index (χ4v) is 5.41. The van der Waals surface area contributed by atoms with Gasteiger partial charge in [0, 0.05) is 12.1 Å². The summed E-state index contributed by atoms with van der Waals surface area (Å²) >= 11 is 0. The van der Waals surface area contributed by atoms with Gasteiger partial charge in [-0.25, -0.2) is 0 Å². The van der Waals surface area contributed by atoms with Crippen LogP contribution in [-0.2, 0) is 13.0 Å². The minimum absolute atomic E-state index is 0.257. The average molecular weight is 348 g/mol. The number of aryl methyl sites for hydroxylation is 1. The molecule has 0 radical (unpaired) electrons. The Hall–Kier alpha value is -1.60. The molecule has 0 aromatic heterocycles. The van der Waals surface area contributed by atoms with Gasteiger partial charge in [0.1, 0.15) is 0 Å². The van der Waals surface area contributed by atoms with Crippen LogP contribution >= 0.6 is 0 Å². The number of benzene rings is 2. The van der Waals surface area contributed by atoms with E-state index in [4.69, 9.17) is 0 Å². The van der Waals surface area contributed by atoms with Crippen molar-refractivity contribution >= 4 is 0 Å². The van der Waals surface area contributed by atoms with Gasteiger partial charge < -0.3 is 5.32 Å². The third-order valence-corrected chi connectivity index (χ3v) is 7.01. The Labute approximate surface area is 159 Å². The van der Waals surface area contributed by atoms with E-state index in [1.807, 2.05) is 0 Å². The minimum Gasteiger partial charge on any atom is -0.307 e. The molecular formula is C25H33N. The zero-order chi connectivity index (χ0) is 18.1. The molecule has 0 aliphatic heterocycles. The number of rotatable bonds is 4. The molecule has 1 heteroatoms. The van der Waals surface area contributed by atoms with Gasteiger partial charge in [0.15, 0.2) is 0 Å². The first-order chi connectivity index (χ1) is 12.6. The van der Waals surface area contributed by atoms with Gasteiger partial charge in [-0.05, 0) is 72.6 Å². The largest absolute Gasteiger partial charge is 0.307 e. The zero-order valence-electron chi connectivity index (χ0n) is 16.6. The SMILES string of the molecule is CC(C)c1ccc2c(c1)CC[C@@H]1[C@H]2CCC[C@@]1(C)NCc1ccccc1. The first-order valence-corrected chi connectivity index (χ1v) is 10.5. The summed E-state index contributed by atoms with van der Waals surface area (Å²) < 4.78 is 0. The van der Waals surface area contributed by atoms with E-state index in [2.05, 4.69) is 74.6 Å². The lowest BCUT2D eigenvalue weighted by atomic mass is 9.60. The average Bonchev–Trinajstić information content (AvgIpc) is 2.67. The van der Waals surface area contributed by atoms with E-state index in [0.29, 0.717) is 5.92 Å². The molecule has 2 aliphatic rings. The first-order valence-electron chi connectivity index (χ1n) is 10.5. The Bertz CT molecular complexity index is 748. The van der Waals surface area contributed by atoms with Crippen LogP contribution in [-0.4, -0.2) is 5.54 Å². The molecular weight excluding hydrogens is 314 g/mol. The Balaban J connectivity index is 1.55. The van der Waals surface area contributed by atoms with Crippen molar-refractivity contribution in [1.82, 2.24) is 5.32 Å². The third kappa shape index (κ3) is 3.34. The molecule has 1 fully saturated rings. The molecule has 1 N–H and O–H groups in total. The highest BCUT2D eigenvalue weighted by Gasteiger charge is 2.44. The monoisotopic (exact) mass is 347 g/mol. The summed E-state index contributed by atoms with van der Waals surface area (Å²) in [6, 6.07) is 18.2. The summed E-state index contributed by atoms with van der Waals surface area (Å²) in [6.45, 7) is 8.08. The van der Waals surface area contributed by atoms with Crippen molar-refractivity contribution in [1.29, 1.82) is 0 Å². The van der Waals surface area contributed by atoms with E-state index in [1.165, 1.54) is 43.2 Å². The van der Waals surface area contributed by atoms with Crippen LogP contribution in [0.2, 0.25) is 0 Å². The molecule has 138 valence electrons. The Morgan fingerprint density at radius 2 is 1.88 bits per heavy atom. The van der Waals surface area contributed by atoms with E-state index in [-0.39, 0.29) is 5.54 Å². The molecule has 0 unspecified atom stereocenters. The topological polar surface area (TPSA) is 12.0 Å². The number of nitrogens with one attached hydrogen (secondary N) is 1. The van der Waals surface area contributed by atoms with Gasteiger partial charge in [-0.3, -0.25) is 0 Å². The maximum absolute atomic E-state index is 3.97. The van der Waals surface area contributed by atoms with Crippen molar-refractivity contribution in [2.24, 2.45) is 5.92 Å². The highest BCUT2D eigenvalue weighted by molar-refractivity contribution is 5.39. The fraction of sp³-hybridized carbons (Fsp3) is 0.520. The van der Waals surface area contributed by atoms with E-state index in [0.717, 1.165) is 18.4 Å². The Morgan fingerprint density at radius 3 is 2.65 bits per heavy atom. The molecule has 0 amide bonds. The lowest BCUT2D eigenvalue weighted by Gasteiger charge is -2.50. The van der Waals surface area contributed by atoms with E-state index in [1.54, 1.807) is 11.1 Å². The van der Waals surface area contributed by atoms with Gasteiger partial charge in [0.05, 0.1) is 0 Å². The minimum atomic E-state index is 0.257. The predicted molar refractivity (Wildman–Crippen MR) is 111 cm³/mol. The summed E-state index contributed by atoms with van der Waals surface area (Å²) in [5, 5.41) is 3.97. The van der Waals surface area contributed by atoms with Crippen molar-refractivity contribution in [2.75, 3.05) is 0 Å². The molecule has 2 aromatic rings. The maximum Gasteiger partial charge on any atom is 0.0210 e. The van der Waals surface area contributed by atoms with Crippen molar-refractivity contribution in [3.05, 3.63) is 70.8 Å². The van der Waals surface area contributed by atoms with E-state index >= 15 is 0 Å². The molecule has 2 aromatic carbocycles. The second-order valence-electron chi connectivity index (χ2n) is 9.01. The van der Waals surface area contributed by atoms with E-state index in [9.17, 15) is 0 Å². The number of hydrogen-bond donors (Lipinski definition) is 1. The molecule has 0 saturated heterocycles. The van der Waals surface area contributed by atoms with Gasteiger partial charge in [-0.1, -0.05) is 68.8 Å². The highest BCUT2D eigenvalue weighted by atomic mass is 15.0. The Kier molecular flexibility index (Phi) is 4.92. The van der Waals surface area contributed by atoms with Crippen LogP contribution in [0, 0.1) is 5.92 Å². The van der Waals surface area contributed by atoms with Gasteiger partial charge in [-0.2, -0.15) is 0 Å². The number of fused-ring (bicyclic) bond motifs is 3. The smallest absolute Gasteiger partial charge is 0.0210 e. The summed E-state index contributed by atoms with van der Waals surface area (Å²) in [5.41, 5.74) is 6.44. The molecule has 1 nitrogen and oxygen atoms in total. The molecule has 0 heterocycles. The summed E-state index contributed by atoms with van der Waals surface area (Å²) in [4.78, 5) is 0. The van der Waals surface area contributed by atoms with Gasteiger partial charge in [0.25, 0.3) is 0 Å². The van der Waals surface area contributed by atoms with Crippen LogP contribution in [0.4, 0.5) is 0 Å². The number of hydrogen-bond acceptors (Lipinski definition) is 1. The lowest BCUT2D eigenvalue weighted by Crippen LogP contribution is -2.53. The second kappa shape index (κ2) is 7.19. The quantitative estimate of drug-likeness (QED) is 0.695. The van der Waals surface area contributed by atoms with Crippen LogP contribution in [0.3, 0.4) is 0 Å². The van der Waals surface area contributed by atoms with Crippen molar-refractivity contribution in [3.63, 3.8) is 0 Å². The normalized spacial score (nSPS) is 27.8. The molecule has 2 aliphatic carbocycles.